The molecule has 0 radical (unpaired) electrons. The Hall–Kier alpha value is -0.360. The summed E-state index contributed by atoms with van der Waals surface area (Å²) in [5, 5.41) is 0. The minimum Gasteiger partial charge on any atom is -0.464 e. The molecular weight excluding hydrogens is 284 g/mol. The van der Waals surface area contributed by atoms with Gasteiger partial charge in [0.2, 0.25) is 0 Å². The Balaban J connectivity index is 1.30. The molecule has 2 aliphatic rings. The third kappa shape index (κ3) is 4.91. The first-order chi connectivity index (χ1) is 9.27. The third-order valence-electron chi connectivity index (χ3n) is 3.32. The van der Waals surface area contributed by atoms with E-state index in [1.165, 1.54) is 6.42 Å². The van der Waals surface area contributed by atoms with Crippen LogP contribution in [-0.2, 0) is 19.1 Å². The minimum atomic E-state index is -0.0225. The van der Waals surface area contributed by atoms with Crippen LogP contribution in [-0.4, -0.2) is 48.2 Å². The van der Waals surface area contributed by atoms with Crippen molar-refractivity contribution >= 4 is 35.5 Å². The summed E-state index contributed by atoms with van der Waals surface area (Å²) in [5.41, 5.74) is 0. The summed E-state index contributed by atoms with van der Waals surface area (Å²) in [6.07, 6.45) is 3.11. The van der Waals surface area contributed by atoms with Gasteiger partial charge in [-0.2, -0.15) is 23.5 Å². The second-order valence-corrected chi connectivity index (χ2v) is 7.26. The first-order valence-corrected chi connectivity index (χ1v) is 9.07. The van der Waals surface area contributed by atoms with Crippen molar-refractivity contribution in [1.82, 2.24) is 0 Å². The van der Waals surface area contributed by atoms with E-state index >= 15 is 0 Å². The van der Waals surface area contributed by atoms with Crippen LogP contribution in [0.1, 0.15) is 19.3 Å². The van der Waals surface area contributed by atoms with E-state index in [9.17, 15) is 9.59 Å². The highest BCUT2D eigenvalue weighted by atomic mass is 32.2. The summed E-state index contributed by atoms with van der Waals surface area (Å²) >= 11 is 3.84. The Morgan fingerprint density at radius 2 is 1.32 bits per heavy atom. The van der Waals surface area contributed by atoms with E-state index in [0.717, 1.165) is 35.9 Å². The van der Waals surface area contributed by atoms with Crippen LogP contribution in [0, 0.1) is 11.8 Å². The second kappa shape index (κ2) is 8.04. The highest BCUT2D eigenvalue weighted by molar-refractivity contribution is 8.00. The van der Waals surface area contributed by atoms with Gasteiger partial charge in [0.15, 0.2) is 0 Å². The number of carbonyl (C=O) groups excluding carboxylic acids is 2. The molecule has 0 saturated carbocycles. The van der Waals surface area contributed by atoms with Gasteiger partial charge in [-0.05, 0) is 42.3 Å². The Labute approximate surface area is 122 Å². The van der Waals surface area contributed by atoms with Crippen LogP contribution >= 0.6 is 23.5 Å². The Morgan fingerprint density at radius 1 is 0.842 bits per heavy atom. The van der Waals surface area contributed by atoms with E-state index in [-0.39, 0.29) is 23.8 Å². The molecule has 2 saturated heterocycles. The van der Waals surface area contributed by atoms with Crippen molar-refractivity contribution in [3.63, 3.8) is 0 Å². The summed E-state index contributed by atoms with van der Waals surface area (Å²) in [6, 6.07) is 0. The lowest BCUT2D eigenvalue weighted by atomic mass is 10.1. The topological polar surface area (TPSA) is 52.6 Å². The Kier molecular flexibility index (Phi) is 6.37. The number of carbonyl (C=O) groups is 2. The predicted molar refractivity (Wildman–Crippen MR) is 77.4 cm³/mol. The number of rotatable bonds is 10. The molecule has 2 heterocycles. The fraction of sp³-hybridized carbons (Fsp3) is 0.846. The number of hydrogen-bond acceptors (Lipinski definition) is 6. The standard InChI is InChI=1S/C13H20O4S2/c14-12-10(8-16-12)2-6-18-4-1-5-19-7-3-11-9-17-13(11)15/h10-11H,1-9H2. The lowest BCUT2D eigenvalue weighted by molar-refractivity contribution is -0.169. The number of thioether (sulfide) groups is 2. The molecule has 0 spiro atoms. The van der Waals surface area contributed by atoms with Crippen LogP contribution in [0.5, 0.6) is 0 Å². The monoisotopic (exact) mass is 304 g/mol. The van der Waals surface area contributed by atoms with Gasteiger partial charge in [0, 0.05) is 0 Å². The van der Waals surface area contributed by atoms with Crippen LogP contribution < -0.4 is 0 Å². The van der Waals surface area contributed by atoms with Crippen LogP contribution in [0.2, 0.25) is 0 Å². The smallest absolute Gasteiger partial charge is 0.312 e. The highest BCUT2D eigenvalue weighted by Crippen LogP contribution is 2.21. The summed E-state index contributed by atoms with van der Waals surface area (Å²) in [6.45, 7) is 1.25. The zero-order valence-corrected chi connectivity index (χ0v) is 12.6. The van der Waals surface area contributed by atoms with Crippen LogP contribution in [0.4, 0.5) is 0 Å². The van der Waals surface area contributed by atoms with E-state index in [1.807, 2.05) is 23.5 Å². The summed E-state index contributed by atoms with van der Waals surface area (Å²) in [4.78, 5) is 21.8. The van der Waals surface area contributed by atoms with Crippen molar-refractivity contribution in [3.05, 3.63) is 0 Å². The van der Waals surface area contributed by atoms with Crippen molar-refractivity contribution in [1.29, 1.82) is 0 Å². The molecule has 108 valence electrons. The number of hydrogen-bond donors (Lipinski definition) is 0. The quantitative estimate of drug-likeness (QED) is 0.454. The molecule has 6 heteroatoms. The molecule has 0 aliphatic carbocycles. The summed E-state index contributed by atoms with van der Waals surface area (Å²) in [5.74, 6) is 4.71. The molecule has 2 rings (SSSR count). The van der Waals surface area contributed by atoms with Crippen molar-refractivity contribution < 1.29 is 19.1 Å². The van der Waals surface area contributed by atoms with Gasteiger partial charge < -0.3 is 9.47 Å². The third-order valence-corrected chi connectivity index (χ3v) is 5.52. The lowest BCUT2D eigenvalue weighted by Gasteiger charge is -2.24. The van der Waals surface area contributed by atoms with Gasteiger partial charge in [0.05, 0.1) is 11.8 Å². The van der Waals surface area contributed by atoms with Gasteiger partial charge >= 0.3 is 11.9 Å². The maximum atomic E-state index is 10.9. The molecule has 0 amide bonds. The van der Waals surface area contributed by atoms with E-state index in [2.05, 4.69) is 0 Å². The SMILES string of the molecule is O=C1OCC1CCSCCCSCCC1COC1=O. The average molecular weight is 304 g/mol. The molecule has 0 bridgehead atoms. The summed E-state index contributed by atoms with van der Waals surface area (Å²) < 4.78 is 9.44. The fourth-order valence-electron chi connectivity index (χ4n) is 1.86. The van der Waals surface area contributed by atoms with Crippen molar-refractivity contribution in [2.24, 2.45) is 11.8 Å². The maximum Gasteiger partial charge on any atom is 0.312 e. The Morgan fingerprint density at radius 3 is 1.63 bits per heavy atom. The zero-order valence-electron chi connectivity index (χ0n) is 11.0. The average Bonchev–Trinajstić information content (AvgIpc) is 2.41. The normalized spacial score (nSPS) is 25.3. The molecule has 19 heavy (non-hydrogen) atoms. The largest absolute Gasteiger partial charge is 0.464 e. The van der Waals surface area contributed by atoms with Crippen molar-refractivity contribution in [2.45, 2.75) is 19.3 Å². The highest BCUT2D eigenvalue weighted by Gasteiger charge is 2.30. The van der Waals surface area contributed by atoms with Crippen LogP contribution in [0.3, 0.4) is 0 Å². The van der Waals surface area contributed by atoms with Gasteiger partial charge in [0.25, 0.3) is 0 Å². The van der Waals surface area contributed by atoms with Gasteiger partial charge in [-0.3, -0.25) is 9.59 Å². The number of cyclic esters (lactones) is 2. The Bertz CT molecular complexity index is 292. The maximum absolute atomic E-state index is 10.9. The van der Waals surface area contributed by atoms with Crippen molar-refractivity contribution in [3.8, 4) is 0 Å². The molecule has 0 aromatic rings. The van der Waals surface area contributed by atoms with Gasteiger partial charge in [-0.1, -0.05) is 0 Å². The van der Waals surface area contributed by atoms with Crippen molar-refractivity contribution in [2.75, 3.05) is 36.2 Å². The molecular formula is C13H20O4S2. The minimum absolute atomic E-state index is 0.0225. The molecule has 0 N–H and O–H groups in total. The van der Waals surface area contributed by atoms with E-state index in [0.29, 0.717) is 13.2 Å². The van der Waals surface area contributed by atoms with Gasteiger partial charge in [-0.15, -0.1) is 0 Å². The molecule has 0 aromatic heterocycles. The first kappa shape index (κ1) is 15.0. The van der Waals surface area contributed by atoms with Gasteiger partial charge in [0.1, 0.15) is 13.2 Å². The number of ether oxygens (including phenoxy) is 2. The van der Waals surface area contributed by atoms with Crippen LogP contribution in [0.15, 0.2) is 0 Å². The number of esters is 2. The molecule has 4 nitrogen and oxygen atoms in total. The predicted octanol–water partition coefficient (Wildman–Crippen LogP) is 1.97. The molecule has 2 aliphatic heterocycles. The van der Waals surface area contributed by atoms with Crippen LogP contribution in [0.25, 0.3) is 0 Å². The molecule has 2 fully saturated rings. The zero-order chi connectivity index (χ0) is 13.5. The molecule has 2 unspecified atom stereocenters. The van der Waals surface area contributed by atoms with E-state index < -0.39 is 0 Å². The molecule has 2 atom stereocenters. The second-order valence-electron chi connectivity index (χ2n) is 4.81. The molecule has 0 aromatic carbocycles. The first-order valence-electron chi connectivity index (χ1n) is 6.76. The summed E-state index contributed by atoms with van der Waals surface area (Å²) in [7, 11) is 0. The lowest BCUT2D eigenvalue weighted by Crippen LogP contribution is -2.34. The van der Waals surface area contributed by atoms with E-state index in [4.69, 9.17) is 9.47 Å². The fourth-order valence-corrected chi connectivity index (χ4v) is 4.05. The van der Waals surface area contributed by atoms with Gasteiger partial charge in [-0.25, -0.2) is 0 Å². The van der Waals surface area contributed by atoms with E-state index in [1.54, 1.807) is 0 Å².